The van der Waals surface area contributed by atoms with Crippen molar-refractivity contribution in [3.8, 4) is 0 Å². The number of rotatable bonds is 28. The van der Waals surface area contributed by atoms with Crippen LogP contribution in [0.5, 0.6) is 0 Å². The monoisotopic (exact) mass is 764 g/mol. The van der Waals surface area contributed by atoms with E-state index in [4.69, 9.17) is 0 Å². The van der Waals surface area contributed by atoms with E-state index in [2.05, 4.69) is 64.2 Å². The zero-order valence-electron chi connectivity index (χ0n) is 26.6. The zero-order valence-corrected chi connectivity index (χ0v) is 26.6. The summed E-state index contributed by atoms with van der Waals surface area (Å²) in [5.41, 5.74) is -3.79. The highest BCUT2D eigenvalue weighted by atomic mass is 19.3. The number of carbonyl (C=O) groups is 4. The third-order valence-electron chi connectivity index (χ3n) is 5.61. The molecule has 292 valence electrons. The van der Waals surface area contributed by atoms with Crippen molar-refractivity contribution in [2.24, 2.45) is 5.41 Å². The molecule has 0 amide bonds. The predicted octanol–water partition coefficient (Wildman–Crippen LogP) is 4.44. The van der Waals surface area contributed by atoms with Crippen LogP contribution in [0.1, 0.15) is 6.42 Å². The van der Waals surface area contributed by atoms with Crippen molar-refractivity contribution >= 4 is 23.9 Å². The summed E-state index contributed by atoms with van der Waals surface area (Å²) in [5.74, 6) is -18.2. The fourth-order valence-corrected chi connectivity index (χ4v) is 2.99. The Morgan fingerprint density at radius 1 is 0.451 bits per heavy atom. The second-order valence-corrected chi connectivity index (χ2v) is 10.1. The van der Waals surface area contributed by atoms with Gasteiger partial charge in [-0.05, 0) is 0 Å². The highest BCUT2D eigenvalue weighted by Gasteiger charge is 2.59. The largest absolute Gasteiger partial charge is 0.462 e. The lowest BCUT2D eigenvalue weighted by Crippen LogP contribution is -2.56. The lowest BCUT2D eigenvalue weighted by atomic mass is 9.89. The summed E-state index contributed by atoms with van der Waals surface area (Å²) in [6.45, 7) is -6.97. The summed E-state index contributed by atoms with van der Waals surface area (Å²) in [7, 11) is 0. The van der Waals surface area contributed by atoms with Crippen LogP contribution in [0.3, 0.4) is 0 Å². The molecule has 0 saturated carbocycles. The lowest BCUT2D eigenvalue weighted by molar-refractivity contribution is -0.368. The van der Waals surface area contributed by atoms with Crippen LogP contribution in [0.25, 0.3) is 0 Å². The molecular formula is C29H34F10O12. The van der Waals surface area contributed by atoms with Gasteiger partial charge in [-0.15, -0.1) is 0 Å². The fourth-order valence-electron chi connectivity index (χ4n) is 2.99. The molecule has 0 aliphatic carbocycles. The topological polar surface area (TPSA) is 142 Å². The van der Waals surface area contributed by atoms with Crippen LogP contribution in [0.4, 0.5) is 43.9 Å². The number of ether oxygens (including phenoxy) is 8. The molecule has 0 fully saturated rings. The smallest absolute Gasteiger partial charge is 0.368 e. The molecule has 22 heteroatoms. The molecular weight excluding hydrogens is 730 g/mol. The van der Waals surface area contributed by atoms with Gasteiger partial charge >= 0.3 is 53.9 Å². The zero-order chi connectivity index (χ0) is 39.6. The van der Waals surface area contributed by atoms with Gasteiger partial charge in [-0.1, -0.05) is 26.3 Å². The molecule has 0 heterocycles. The second-order valence-electron chi connectivity index (χ2n) is 10.1. The Labute approximate surface area is 283 Å². The summed E-state index contributed by atoms with van der Waals surface area (Å²) in [5, 5.41) is 0. The van der Waals surface area contributed by atoms with Crippen molar-refractivity contribution in [1.82, 2.24) is 0 Å². The Kier molecular flexibility index (Phi) is 19.1. The van der Waals surface area contributed by atoms with Crippen LogP contribution in [-0.2, 0) is 57.1 Å². The number of hydrogen-bond acceptors (Lipinski definition) is 12. The van der Waals surface area contributed by atoms with Crippen molar-refractivity contribution in [1.29, 1.82) is 0 Å². The Bertz CT molecular complexity index is 1170. The van der Waals surface area contributed by atoms with E-state index in [-0.39, 0.29) is 0 Å². The van der Waals surface area contributed by atoms with Gasteiger partial charge in [-0.2, -0.15) is 17.6 Å². The summed E-state index contributed by atoms with van der Waals surface area (Å²) >= 11 is 0. The first-order valence-corrected chi connectivity index (χ1v) is 13.9. The summed E-state index contributed by atoms with van der Waals surface area (Å²) in [6, 6.07) is 0. The van der Waals surface area contributed by atoms with Crippen molar-refractivity contribution in [2.45, 2.75) is 36.4 Å². The number of hydrogen-bond donors (Lipinski definition) is 0. The first kappa shape index (κ1) is 47.0. The van der Waals surface area contributed by atoms with Crippen LogP contribution < -0.4 is 0 Å². The normalized spacial score (nSPS) is 12.7. The minimum atomic E-state index is -5.29. The number of alkyl halides is 10. The summed E-state index contributed by atoms with van der Waals surface area (Å²) in [4.78, 5) is 44.5. The van der Waals surface area contributed by atoms with Gasteiger partial charge in [0, 0.05) is 24.3 Å². The standard InChI is InChI=1S/C29H34F10O12/c1-5-20(40)46-10-9-28(36,37)50-13-24(11-44-14-25(30,31)16-47-21(41)6-2,12-45-15-26(32,33)17-48-22(42)7-3)29(38,39)51-19-27(34,35)18-49-23(43)8-4/h5-8H,1-4,9-19H2. The molecule has 0 N–H and O–H groups in total. The quantitative estimate of drug-likeness (QED) is 0.0482. The Balaban J connectivity index is 6.57. The lowest BCUT2D eigenvalue weighted by Gasteiger charge is -2.40. The fraction of sp³-hybridized carbons (Fsp3) is 0.586. The van der Waals surface area contributed by atoms with Crippen LogP contribution in [-0.4, -0.2) is 120 Å². The van der Waals surface area contributed by atoms with Crippen LogP contribution >= 0.6 is 0 Å². The Morgan fingerprint density at radius 3 is 1.18 bits per heavy atom. The van der Waals surface area contributed by atoms with Gasteiger partial charge in [0.1, 0.15) is 25.2 Å². The molecule has 0 aromatic heterocycles. The van der Waals surface area contributed by atoms with E-state index in [0.717, 1.165) is 0 Å². The van der Waals surface area contributed by atoms with E-state index in [1.165, 1.54) is 0 Å². The molecule has 0 rings (SSSR count). The predicted molar refractivity (Wildman–Crippen MR) is 150 cm³/mol. The van der Waals surface area contributed by atoms with Gasteiger partial charge in [0.2, 0.25) is 0 Å². The van der Waals surface area contributed by atoms with Crippen LogP contribution in [0.2, 0.25) is 0 Å². The molecule has 0 aliphatic heterocycles. The van der Waals surface area contributed by atoms with Crippen molar-refractivity contribution in [3.05, 3.63) is 50.6 Å². The molecule has 0 bridgehead atoms. The van der Waals surface area contributed by atoms with E-state index in [0.29, 0.717) is 24.3 Å². The average Bonchev–Trinajstić information content (AvgIpc) is 3.06. The molecule has 0 radical (unpaired) electrons. The van der Waals surface area contributed by atoms with Gasteiger partial charge in [-0.25, -0.2) is 45.5 Å². The highest BCUT2D eigenvalue weighted by molar-refractivity contribution is 5.82. The van der Waals surface area contributed by atoms with E-state index in [9.17, 15) is 54.3 Å². The van der Waals surface area contributed by atoms with E-state index in [1.54, 1.807) is 0 Å². The minimum absolute atomic E-state index is 0.434. The number of carbonyl (C=O) groups excluding carboxylic acids is 4. The molecule has 0 unspecified atom stereocenters. The molecule has 0 aliphatic rings. The molecule has 0 spiro atoms. The van der Waals surface area contributed by atoms with Crippen molar-refractivity contribution in [2.75, 3.05) is 66.1 Å². The second kappa shape index (κ2) is 20.7. The van der Waals surface area contributed by atoms with Gasteiger partial charge in [0.15, 0.2) is 19.8 Å². The third-order valence-corrected chi connectivity index (χ3v) is 5.61. The molecule has 0 aromatic carbocycles. The summed E-state index contributed by atoms with van der Waals surface area (Å²) in [6.07, 6.45) is -9.40. The van der Waals surface area contributed by atoms with E-state index >= 15 is 8.78 Å². The minimum Gasteiger partial charge on any atom is -0.462 e. The van der Waals surface area contributed by atoms with Gasteiger partial charge < -0.3 is 37.9 Å². The first-order chi connectivity index (χ1) is 23.4. The van der Waals surface area contributed by atoms with Crippen molar-refractivity contribution in [3.63, 3.8) is 0 Å². The molecule has 12 nitrogen and oxygen atoms in total. The van der Waals surface area contributed by atoms with E-state index in [1.807, 2.05) is 0 Å². The first-order valence-electron chi connectivity index (χ1n) is 13.9. The van der Waals surface area contributed by atoms with Crippen molar-refractivity contribution < 1.29 is 101 Å². The number of halogens is 10. The third kappa shape index (κ3) is 19.2. The van der Waals surface area contributed by atoms with Crippen LogP contribution in [0, 0.1) is 5.41 Å². The number of esters is 4. The Morgan fingerprint density at radius 2 is 0.804 bits per heavy atom. The van der Waals surface area contributed by atoms with E-state index < -0.39 is 132 Å². The van der Waals surface area contributed by atoms with Gasteiger partial charge in [0.25, 0.3) is 0 Å². The molecule has 0 saturated heterocycles. The molecule has 51 heavy (non-hydrogen) atoms. The van der Waals surface area contributed by atoms with Crippen LogP contribution in [0.15, 0.2) is 50.6 Å². The Hall–Kier alpha value is -4.02. The summed E-state index contributed by atoms with van der Waals surface area (Å²) < 4.78 is 180. The maximum absolute atomic E-state index is 15.8. The van der Waals surface area contributed by atoms with Gasteiger partial charge in [0.05, 0.1) is 32.8 Å². The van der Waals surface area contributed by atoms with Gasteiger partial charge in [-0.3, -0.25) is 0 Å². The SMILES string of the molecule is C=CC(=O)OCCC(F)(F)OCC(COCC(F)(F)COC(=O)C=C)(COCC(F)(F)COC(=O)C=C)C(F)(F)OCC(F)(F)COC(=O)C=C. The molecule has 0 aromatic rings. The highest BCUT2D eigenvalue weighted by Crippen LogP contribution is 2.42. The maximum Gasteiger partial charge on any atom is 0.368 e. The average molecular weight is 765 g/mol. The maximum atomic E-state index is 15.8. The molecule has 0 atom stereocenters.